The van der Waals surface area contributed by atoms with Crippen molar-refractivity contribution in [2.45, 2.75) is 84.0 Å². The zero-order valence-electron chi connectivity index (χ0n) is 13.2. The Kier molecular flexibility index (Phi) is 15.2. The summed E-state index contributed by atoms with van der Waals surface area (Å²) in [5, 5.41) is 8.49. The summed E-state index contributed by atoms with van der Waals surface area (Å²) >= 11 is 0. The predicted molar refractivity (Wildman–Crippen MR) is 87.0 cm³/mol. The van der Waals surface area contributed by atoms with Gasteiger partial charge in [-0.2, -0.15) is 0 Å². The number of aliphatic carboxylic acids is 1. The lowest BCUT2D eigenvalue weighted by atomic mass is 10.1. The van der Waals surface area contributed by atoms with Crippen LogP contribution in [0.1, 0.15) is 84.0 Å². The van der Waals surface area contributed by atoms with Crippen LogP contribution < -0.4 is 0 Å². The Balaban J connectivity index is 3.16. The molecule has 0 rings (SSSR count). The molecule has 0 atom stereocenters. The summed E-state index contributed by atoms with van der Waals surface area (Å²) in [6.45, 7) is 2.24. The fourth-order valence-electron chi connectivity index (χ4n) is 2.06. The minimum absolute atomic E-state index is 0.287. The molecule has 0 spiro atoms. The van der Waals surface area contributed by atoms with E-state index in [1.807, 2.05) is 0 Å². The van der Waals surface area contributed by atoms with E-state index in [1.54, 1.807) is 0 Å². The van der Waals surface area contributed by atoms with Crippen molar-refractivity contribution < 1.29 is 9.90 Å². The van der Waals surface area contributed by atoms with Crippen molar-refractivity contribution in [1.29, 1.82) is 0 Å². The number of allylic oxidation sites excluding steroid dienone is 4. The van der Waals surface area contributed by atoms with Crippen molar-refractivity contribution in [3.63, 3.8) is 0 Å². The van der Waals surface area contributed by atoms with E-state index in [9.17, 15) is 4.79 Å². The number of carbonyl (C=O) groups is 1. The molecule has 0 aliphatic carbocycles. The second-order valence-corrected chi connectivity index (χ2v) is 5.36. The molecule has 1 N–H and O–H groups in total. The maximum absolute atomic E-state index is 10.3. The Bertz CT molecular complexity index is 267. The van der Waals surface area contributed by atoms with E-state index in [4.69, 9.17) is 5.11 Å². The largest absolute Gasteiger partial charge is 0.481 e. The summed E-state index contributed by atoms with van der Waals surface area (Å²) in [7, 11) is 0. The lowest BCUT2D eigenvalue weighted by Gasteiger charge is -1.96. The van der Waals surface area contributed by atoms with Crippen LogP contribution in [0.15, 0.2) is 24.3 Å². The van der Waals surface area contributed by atoms with Crippen molar-refractivity contribution in [3.05, 3.63) is 24.3 Å². The normalized spacial score (nSPS) is 11.7. The lowest BCUT2D eigenvalue weighted by molar-refractivity contribution is -0.137. The molecule has 0 amide bonds. The van der Waals surface area contributed by atoms with Crippen LogP contribution in [0.3, 0.4) is 0 Å². The van der Waals surface area contributed by atoms with E-state index in [-0.39, 0.29) is 6.42 Å². The monoisotopic (exact) mass is 280 g/mol. The Morgan fingerprint density at radius 1 is 0.750 bits per heavy atom. The average Bonchev–Trinajstić information content (AvgIpc) is 2.43. The van der Waals surface area contributed by atoms with Crippen LogP contribution in [0.5, 0.6) is 0 Å². The Morgan fingerprint density at radius 3 is 1.65 bits per heavy atom. The van der Waals surface area contributed by atoms with Crippen molar-refractivity contribution in [2.75, 3.05) is 0 Å². The number of carboxylic acids is 1. The highest BCUT2D eigenvalue weighted by molar-refractivity contribution is 5.66. The first kappa shape index (κ1) is 18.9. The highest BCUT2D eigenvalue weighted by Crippen LogP contribution is 2.07. The second kappa shape index (κ2) is 16.0. The molecule has 2 heteroatoms. The minimum Gasteiger partial charge on any atom is -0.481 e. The number of hydrogen-bond acceptors (Lipinski definition) is 1. The van der Waals surface area contributed by atoms with Crippen LogP contribution in [0.2, 0.25) is 0 Å². The van der Waals surface area contributed by atoms with Gasteiger partial charge >= 0.3 is 5.97 Å². The van der Waals surface area contributed by atoms with Gasteiger partial charge in [0.15, 0.2) is 0 Å². The van der Waals surface area contributed by atoms with E-state index < -0.39 is 5.97 Å². The molecule has 0 aliphatic heterocycles. The standard InChI is InChI=1S/C18H32O2/c1-2-3-4-5-6-7-8-9-10-11-12-13-14-15-16-17-18(19)20/h6-7,13-14H,2-5,8-12,15-17H2,1H3,(H,19,20)/b7-6-,14-13+. The van der Waals surface area contributed by atoms with E-state index in [0.29, 0.717) is 0 Å². The first-order chi connectivity index (χ1) is 9.77. The van der Waals surface area contributed by atoms with Gasteiger partial charge in [-0.05, 0) is 51.4 Å². The molecule has 0 radical (unpaired) electrons. The molecule has 0 bridgehead atoms. The number of carboxylic acid groups (broad SMARTS) is 1. The van der Waals surface area contributed by atoms with Gasteiger partial charge in [0.25, 0.3) is 0 Å². The van der Waals surface area contributed by atoms with Gasteiger partial charge in [0.1, 0.15) is 0 Å². The maximum Gasteiger partial charge on any atom is 0.303 e. The van der Waals surface area contributed by atoms with E-state index >= 15 is 0 Å². The smallest absolute Gasteiger partial charge is 0.303 e. The summed E-state index contributed by atoms with van der Waals surface area (Å²) in [4.78, 5) is 10.3. The van der Waals surface area contributed by atoms with Crippen LogP contribution in [-0.4, -0.2) is 11.1 Å². The van der Waals surface area contributed by atoms with Crippen LogP contribution in [0, 0.1) is 0 Å². The topological polar surface area (TPSA) is 37.3 Å². The van der Waals surface area contributed by atoms with Crippen LogP contribution >= 0.6 is 0 Å². The Labute approximate surface area is 125 Å². The third-order valence-corrected chi connectivity index (χ3v) is 3.31. The molecule has 0 aromatic carbocycles. The third kappa shape index (κ3) is 16.9. The molecular weight excluding hydrogens is 248 g/mol. The molecule has 2 nitrogen and oxygen atoms in total. The number of unbranched alkanes of at least 4 members (excludes halogenated alkanes) is 8. The van der Waals surface area contributed by atoms with E-state index in [2.05, 4.69) is 31.2 Å². The summed E-state index contributed by atoms with van der Waals surface area (Å²) in [6.07, 6.45) is 22.3. The molecule has 0 aromatic heterocycles. The average molecular weight is 280 g/mol. The SMILES string of the molecule is CCCCC/C=C\CCCCC/C=C/CCCC(=O)O. The molecule has 0 heterocycles. The van der Waals surface area contributed by atoms with Gasteiger partial charge in [0, 0.05) is 6.42 Å². The Hall–Kier alpha value is -1.05. The van der Waals surface area contributed by atoms with Crippen LogP contribution in [0.4, 0.5) is 0 Å². The first-order valence-electron chi connectivity index (χ1n) is 8.29. The minimum atomic E-state index is -0.693. The van der Waals surface area contributed by atoms with Gasteiger partial charge in [-0.25, -0.2) is 0 Å². The summed E-state index contributed by atoms with van der Waals surface area (Å²) in [5.41, 5.74) is 0. The number of rotatable bonds is 14. The molecule has 0 saturated carbocycles. The number of hydrogen-bond donors (Lipinski definition) is 1. The van der Waals surface area contributed by atoms with Gasteiger partial charge in [-0.3, -0.25) is 4.79 Å². The summed E-state index contributed by atoms with van der Waals surface area (Å²) < 4.78 is 0. The molecule has 0 unspecified atom stereocenters. The van der Waals surface area contributed by atoms with Gasteiger partial charge in [0.2, 0.25) is 0 Å². The quantitative estimate of drug-likeness (QED) is 0.318. The van der Waals surface area contributed by atoms with Gasteiger partial charge in [-0.1, -0.05) is 50.5 Å². The van der Waals surface area contributed by atoms with E-state index in [1.165, 1.54) is 51.4 Å². The van der Waals surface area contributed by atoms with Crippen molar-refractivity contribution in [3.8, 4) is 0 Å². The molecule has 20 heavy (non-hydrogen) atoms. The lowest BCUT2D eigenvalue weighted by Crippen LogP contribution is -1.92. The van der Waals surface area contributed by atoms with Gasteiger partial charge in [-0.15, -0.1) is 0 Å². The van der Waals surface area contributed by atoms with Gasteiger partial charge < -0.3 is 5.11 Å². The molecule has 0 saturated heterocycles. The Morgan fingerprint density at radius 2 is 1.20 bits per heavy atom. The third-order valence-electron chi connectivity index (χ3n) is 3.31. The molecule has 0 aliphatic rings. The highest BCUT2D eigenvalue weighted by Gasteiger charge is 1.93. The summed E-state index contributed by atoms with van der Waals surface area (Å²) in [5.74, 6) is -0.693. The molecule has 0 aromatic rings. The zero-order chi connectivity index (χ0) is 14.9. The maximum atomic E-state index is 10.3. The fraction of sp³-hybridized carbons (Fsp3) is 0.722. The predicted octanol–water partition coefficient (Wildman–Crippen LogP) is 5.88. The van der Waals surface area contributed by atoms with Crippen molar-refractivity contribution >= 4 is 5.97 Å². The second-order valence-electron chi connectivity index (χ2n) is 5.36. The zero-order valence-corrected chi connectivity index (χ0v) is 13.2. The fourth-order valence-corrected chi connectivity index (χ4v) is 2.06. The summed E-state index contributed by atoms with van der Waals surface area (Å²) in [6, 6.07) is 0. The molecule has 116 valence electrons. The van der Waals surface area contributed by atoms with Crippen LogP contribution in [0.25, 0.3) is 0 Å². The van der Waals surface area contributed by atoms with Crippen molar-refractivity contribution in [2.24, 2.45) is 0 Å². The highest BCUT2D eigenvalue weighted by atomic mass is 16.4. The van der Waals surface area contributed by atoms with Crippen LogP contribution in [-0.2, 0) is 4.79 Å². The van der Waals surface area contributed by atoms with E-state index in [0.717, 1.165) is 19.3 Å². The van der Waals surface area contributed by atoms with Gasteiger partial charge in [0.05, 0.1) is 0 Å². The molecule has 0 fully saturated rings. The molecular formula is C18H32O2. The van der Waals surface area contributed by atoms with Crippen molar-refractivity contribution in [1.82, 2.24) is 0 Å². The first-order valence-corrected chi connectivity index (χ1v) is 8.29.